The van der Waals surface area contributed by atoms with Crippen LogP contribution in [0.3, 0.4) is 0 Å². The molecule has 4 unspecified atom stereocenters. The first-order chi connectivity index (χ1) is 29.2. The molecule has 3 nitrogen and oxygen atoms in total. The monoisotopic (exact) mass is 896 g/mol. The van der Waals surface area contributed by atoms with E-state index in [4.69, 9.17) is 46.4 Å². The first-order valence-electron chi connectivity index (χ1n) is 22.5. The molecule has 10 atom stereocenters. The van der Waals surface area contributed by atoms with E-state index in [1.165, 1.54) is 42.4 Å². The van der Waals surface area contributed by atoms with Crippen molar-refractivity contribution < 1.29 is 4.79 Å². The molecule has 4 aliphatic rings. The molecule has 4 fully saturated rings. The summed E-state index contributed by atoms with van der Waals surface area (Å²) in [4.78, 5) is 19.1. The van der Waals surface area contributed by atoms with E-state index < -0.39 is 5.41 Å². The predicted molar refractivity (Wildman–Crippen MR) is 259 cm³/mol. The number of hydrogen-bond donors (Lipinski definition) is 0. The number of piperidine rings is 2. The molecule has 4 aromatic rings. The lowest BCUT2D eigenvalue weighted by Gasteiger charge is -2.52. The molecule has 2 saturated heterocycles. The summed E-state index contributed by atoms with van der Waals surface area (Å²) < 4.78 is 0. The Labute approximate surface area is 386 Å². The van der Waals surface area contributed by atoms with Crippen LogP contribution in [0.5, 0.6) is 0 Å². The van der Waals surface area contributed by atoms with Gasteiger partial charge in [0.2, 0.25) is 5.91 Å². The lowest BCUT2D eigenvalue weighted by Crippen LogP contribution is -2.55. The van der Waals surface area contributed by atoms with E-state index in [1.807, 2.05) is 48.5 Å². The van der Waals surface area contributed by atoms with Gasteiger partial charge in [-0.25, -0.2) is 0 Å². The molecular formula is C54H64Cl4N2O. The van der Waals surface area contributed by atoms with Crippen LogP contribution < -0.4 is 0 Å². The Morgan fingerprint density at radius 3 is 1.57 bits per heavy atom. The molecule has 0 N–H and O–H groups in total. The summed E-state index contributed by atoms with van der Waals surface area (Å²) in [7, 11) is 0. The quantitative estimate of drug-likeness (QED) is 0.148. The summed E-state index contributed by atoms with van der Waals surface area (Å²) in [6.45, 7) is 18.4. The number of hydrogen-bond acceptors (Lipinski definition) is 2. The first kappa shape index (κ1) is 46.0. The van der Waals surface area contributed by atoms with E-state index in [0.29, 0.717) is 35.4 Å². The highest BCUT2D eigenvalue weighted by Crippen LogP contribution is 2.55. The fraction of sp³-hybridized carbons (Fsp3) is 0.463. The Kier molecular flexibility index (Phi) is 14.9. The number of rotatable bonds is 10. The first-order valence-corrected chi connectivity index (χ1v) is 24.0. The normalized spacial score (nSPS) is 31.7. The molecule has 8 rings (SSSR count). The molecule has 2 saturated carbocycles. The third-order valence-corrected chi connectivity index (χ3v) is 15.5. The maximum Gasteiger partial charge on any atom is 0.229 e. The second kappa shape index (κ2) is 19.8. The third-order valence-electron chi connectivity index (χ3n) is 14.5. The topological polar surface area (TPSA) is 23.6 Å². The minimum atomic E-state index is -0.469. The molecule has 2 aliphatic carbocycles. The number of nitrogens with zero attached hydrogens (tertiary/aromatic N) is 2. The summed E-state index contributed by atoms with van der Waals surface area (Å²) in [5, 5.41) is 3.06. The van der Waals surface area contributed by atoms with Crippen molar-refractivity contribution in [2.45, 2.75) is 128 Å². The highest BCUT2D eigenvalue weighted by atomic mass is 35.5. The fourth-order valence-corrected chi connectivity index (χ4v) is 12.3. The SMILES string of the molecule is C=CCC1(C)C[C@H](c2cccc(Cl)c2)[C@@H](c2ccc(Cl)cc2)N(C2CC[C@@H](C)C2)C1.C=CCC1(C)C[C@H](c2cccc(Cl)c2)[C@@H](c2ccc(Cl)cc2)N(C2CC[C@H](C)C2)C1=O. The average molecular weight is 899 g/mol. The lowest BCUT2D eigenvalue weighted by atomic mass is 9.67. The Bertz CT molecular complexity index is 2140. The molecule has 4 aromatic carbocycles. The molecule has 1 amide bonds. The minimum absolute atomic E-state index is 0.0311. The van der Waals surface area contributed by atoms with Gasteiger partial charge in [-0.15, -0.1) is 13.2 Å². The Balaban J connectivity index is 0.000000184. The van der Waals surface area contributed by atoms with Crippen molar-refractivity contribution in [1.82, 2.24) is 9.80 Å². The van der Waals surface area contributed by atoms with Gasteiger partial charge >= 0.3 is 0 Å². The van der Waals surface area contributed by atoms with Crippen molar-refractivity contribution in [2.75, 3.05) is 6.54 Å². The van der Waals surface area contributed by atoms with Crippen molar-refractivity contribution in [3.63, 3.8) is 0 Å². The van der Waals surface area contributed by atoms with Crippen LogP contribution in [0.25, 0.3) is 0 Å². The van der Waals surface area contributed by atoms with Crippen LogP contribution in [0.1, 0.15) is 138 Å². The zero-order valence-corrected chi connectivity index (χ0v) is 39.5. The number of halogens is 4. The van der Waals surface area contributed by atoms with Gasteiger partial charge in [0, 0.05) is 56.6 Å². The molecular weight excluding hydrogens is 834 g/mol. The van der Waals surface area contributed by atoms with Crippen molar-refractivity contribution in [3.05, 3.63) is 165 Å². The van der Waals surface area contributed by atoms with Crippen LogP contribution in [0.2, 0.25) is 20.1 Å². The van der Waals surface area contributed by atoms with E-state index in [2.05, 4.69) is 111 Å². The van der Waals surface area contributed by atoms with Gasteiger partial charge in [0.1, 0.15) is 0 Å². The summed E-state index contributed by atoms with van der Waals surface area (Å²) in [6, 6.07) is 34.4. The number of allylic oxidation sites excluding steroid dienone is 2. The van der Waals surface area contributed by atoms with E-state index >= 15 is 0 Å². The van der Waals surface area contributed by atoms with E-state index in [9.17, 15) is 4.79 Å². The number of amides is 1. The van der Waals surface area contributed by atoms with Gasteiger partial charge in [-0.1, -0.05) is 135 Å². The Hall–Kier alpha value is -3.05. The van der Waals surface area contributed by atoms with Gasteiger partial charge < -0.3 is 4.90 Å². The molecule has 0 aromatic heterocycles. The predicted octanol–water partition coefficient (Wildman–Crippen LogP) is 16.1. The van der Waals surface area contributed by atoms with Crippen LogP contribution in [-0.4, -0.2) is 34.3 Å². The van der Waals surface area contributed by atoms with Gasteiger partial charge in [-0.3, -0.25) is 9.69 Å². The maximum absolute atomic E-state index is 14.1. The number of carbonyl (C=O) groups is 1. The van der Waals surface area contributed by atoms with E-state index in [0.717, 1.165) is 65.2 Å². The average Bonchev–Trinajstić information content (AvgIpc) is 3.87. The van der Waals surface area contributed by atoms with Crippen molar-refractivity contribution in [2.24, 2.45) is 22.7 Å². The van der Waals surface area contributed by atoms with Crippen molar-refractivity contribution in [3.8, 4) is 0 Å². The lowest BCUT2D eigenvalue weighted by molar-refractivity contribution is -0.154. The standard InChI is InChI=1S/C27H31Cl2NO.C27H33Cl2N/c1-4-14-27(3)17-24(20-6-5-7-22(29)16-20)25(19-9-11-21(28)12-10-19)30(26(27)31)23-13-8-18(2)15-23;1-4-14-27(3)17-25(21-6-5-7-23(29)16-21)26(20-9-11-22(28)12-10-20)30(18-27)24-13-8-19(2)15-24/h4-7,9-12,16,18,23-25H,1,8,13-15,17H2,2-3H3;4-7,9-12,16,19,24-26H,1,8,13-15,17-18H2,2-3H3/t18-,23?,24+,25+,27?;19-,24?,25-,26-,27?/m01/s1. The fourth-order valence-electron chi connectivity index (χ4n) is 11.6. The molecule has 0 spiro atoms. The van der Waals surface area contributed by atoms with E-state index in [1.54, 1.807) is 0 Å². The molecule has 2 heterocycles. The Morgan fingerprint density at radius 2 is 1.10 bits per heavy atom. The van der Waals surface area contributed by atoms with Crippen molar-refractivity contribution >= 4 is 52.3 Å². The summed E-state index contributed by atoms with van der Waals surface area (Å²) in [5.74, 6) is 2.24. The van der Waals surface area contributed by atoms with Crippen LogP contribution >= 0.6 is 46.4 Å². The van der Waals surface area contributed by atoms with Gasteiger partial charge in [-0.2, -0.15) is 0 Å². The van der Waals surface area contributed by atoms with E-state index in [-0.39, 0.29) is 29.3 Å². The van der Waals surface area contributed by atoms with Gasteiger partial charge in [-0.05, 0) is 152 Å². The maximum atomic E-state index is 14.1. The third kappa shape index (κ3) is 10.5. The Morgan fingerprint density at radius 1 is 0.607 bits per heavy atom. The molecule has 2 aliphatic heterocycles. The molecule has 61 heavy (non-hydrogen) atoms. The number of benzene rings is 4. The van der Waals surface area contributed by atoms with Gasteiger partial charge in [0.25, 0.3) is 0 Å². The molecule has 0 radical (unpaired) electrons. The zero-order valence-electron chi connectivity index (χ0n) is 36.5. The minimum Gasteiger partial charge on any atom is -0.332 e. The second-order valence-electron chi connectivity index (χ2n) is 19.6. The van der Waals surface area contributed by atoms with Crippen LogP contribution in [0.15, 0.2) is 122 Å². The van der Waals surface area contributed by atoms with Crippen LogP contribution in [0, 0.1) is 22.7 Å². The highest BCUT2D eigenvalue weighted by molar-refractivity contribution is 6.31. The summed E-state index contributed by atoms with van der Waals surface area (Å²) >= 11 is 25.3. The van der Waals surface area contributed by atoms with Crippen molar-refractivity contribution in [1.29, 1.82) is 0 Å². The molecule has 7 heteroatoms. The number of carbonyl (C=O) groups excluding carboxylic acids is 1. The number of likely N-dealkylation sites (tertiary alicyclic amines) is 2. The molecule has 0 bridgehead atoms. The summed E-state index contributed by atoms with van der Waals surface area (Å²) in [6.07, 6.45) is 14.8. The zero-order chi connectivity index (χ0) is 43.5. The van der Waals surface area contributed by atoms with Gasteiger partial charge in [0.05, 0.1) is 11.5 Å². The largest absolute Gasteiger partial charge is 0.332 e. The summed E-state index contributed by atoms with van der Waals surface area (Å²) in [5.41, 5.74) is 4.78. The van der Waals surface area contributed by atoms with Crippen LogP contribution in [0.4, 0.5) is 0 Å². The van der Waals surface area contributed by atoms with Gasteiger partial charge in [0.15, 0.2) is 0 Å². The van der Waals surface area contributed by atoms with Crippen LogP contribution in [-0.2, 0) is 4.79 Å². The molecule has 324 valence electrons. The smallest absolute Gasteiger partial charge is 0.229 e. The second-order valence-corrected chi connectivity index (χ2v) is 21.4. The highest BCUT2D eigenvalue weighted by Gasteiger charge is 2.52.